The Kier molecular flexibility index (Phi) is 3.96. The van der Waals surface area contributed by atoms with E-state index in [2.05, 4.69) is 6.92 Å². The second-order valence-electron chi connectivity index (χ2n) is 3.26. The number of unbranched alkanes of at least 4 members (excludes halogenated alkanes) is 1. The highest BCUT2D eigenvalue weighted by Crippen LogP contribution is 2.19. The predicted octanol–water partition coefficient (Wildman–Crippen LogP) is 3.30. The summed E-state index contributed by atoms with van der Waals surface area (Å²) in [5.74, 6) is 0.0982. The molecule has 0 saturated heterocycles. The molecule has 14 heavy (non-hydrogen) atoms. The third-order valence-electron chi connectivity index (χ3n) is 2.07. The first-order valence-corrected chi connectivity index (χ1v) is 5.11. The lowest BCUT2D eigenvalue weighted by atomic mass is 10.0. The van der Waals surface area contributed by atoms with Crippen molar-refractivity contribution in [1.29, 1.82) is 0 Å². The molecule has 0 unspecified atom stereocenters. The van der Waals surface area contributed by atoms with Gasteiger partial charge in [-0.1, -0.05) is 24.9 Å². The molecular weight excluding hydrogens is 198 g/mol. The van der Waals surface area contributed by atoms with E-state index in [1.807, 2.05) is 0 Å². The molecular formula is C11H14ClNO. The van der Waals surface area contributed by atoms with Gasteiger partial charge in [0, 0.05) is 22.7 Å². The molecule has 76 valence electrons. The maximum absolute atomic E-state index is 11.6. The van der Waals surface area contributed by atoms with E-state index < -0.39 is 0 Å². The first-order chi connectivity index (χ1) is 6.65. The maximum atomic E-state index is 11.6. The van der Waals surface area contributed by atoms with Crippen LogP contribution in [0.2, 0.25) is 5.02 Å². The highest BCUT2D eigenvalue weighted by Gasteiger charge is 2.08. The monoisotopic (exact) mass is 211 g/mol. The fraction of sp³-hybridized carbons (Fsp3) is 0.364. The van der Waals surface area contributed by atoms with Crippen LogP contribution in [0.4, 0.5) is 5.69 Å². The van der Waals surface area contributed by atoms with Crippen molar-refractivity contribution in [2.45, 2.75) is 26.2 Å². The Morgan fingerprint density at radius 3 is 2.79 bits per heavy atom. The first-order valence-electron chi connectivity index (χ1n) is 4.73. The molecule has 0 radical (unpaired) electrons. The van der Waals surface area contributed by atoms with Crippen molar-refractivity contribution in [2.24, 2.45) is 0 Å². The number of carbonyl (C=O) groups is 1. The first kappa shape index (κ1) is 11.1. The van der Waals surface area contributed by atoms with Crippen LogP contribution in [-0.2, 0) is 0 Å². The summed E-state index contributed by atoms with van der Waals surface area (Å²) >= 11 is 5.73. The van der Waals surface area contributed by atoms with Crippen molar-refractivity contribution in [2.75, 3.05) is 5.73 Å². The van der Waals surface area contributed by atoms with Crippen molar-refractivity contribution in [1.82, 2.24) is 0 Å². The highest BCUT2D eigenvalue weighted by molar-refractivity contribution is 6.31. The number of carbonyl (C=O) groups excluding carboxylic acids is 1. The van der Waals surface area contributed by atoms with Crippen molar-refractivity contribution >= 4 is 23.1 Å². The minimum atomic E-state index is 0.0982. The van der Waals surface area contributed by atoms with Gasteiger partial charge in [0.1, 0.15) is 0 Å². The van der Waals surface area contributed by atoms with Crippen LogP contribution in [-0.4, -0.2) is 5.78 Å². The van der Waals surface area contributed by atoms with E-state index in [1.54, 1.807) is 18.2 Å². The molecule has 0 aliphatic rings. The van der Waals surface area contributed by atoms with Crippen LogP contribution in [0.25, 0.3) is 0 Å². The van der Waals surface area contributed by atoms with Gasteiger partial charge in [0.2, 0.25) is 0 Å². The Hall–Kier alpha value is -1.02. The molecule has 1 aromatic carbocycles. The standard InChI is InChI=1S/C11H14ClNO/c1-2-3-4-11(14)9-6-5-8(12)7-10(9)13/h5-7H,2-4,13H2,1H3. The van der Waals surface area contributed by atoms with Gasteiger partial charge in [-0.15, -0.1) is 0 Å². The van der Waals surface area contributed by atoms with Gasteiger partial charge in [-0.2, -0.15) is 0 Å². The molecule has 2 N–H and O–H groups in total. The minimum Gasteiger partial charge on any atom is -0.398 e. The zero-order valence-electron chi connectivity index (χ0n) is 8.22. The average Bonchev–Trinajstić information content (AvgIpc) is 2.14. The Morgan fingerprint density at radius 1 is 1.50 bits per heavy atom. The molecule has 0 bridgehead atoms. The number of nitrogen functional groups attached to an aromatic ring is 1. The molecule has 0 aliphatic carbocycles. The fourth-order valence-corrected chi connectivity index (χ4v) is 1.44. The summed E-state index contributed by atoms with van der Waals surface area (Å²) in [7, 11) is 0. The van der Waals surface area contributed by atoms with E-state index in [4.69, 9.17) is 17.3 Å². The molecule has 0 fully saturated rings. The Balaban J connectivity index is 2.80. The van der Waals surface area contributed by atoms with E-state index in [9.17, 15) is 4.79 Å². The molecule has 0 atom stereocenters. The predicted molar refractivity (Wildman–Crippen MR) is 59.7 cm³/mol. The van der Waals surface area contributed by atoms with Crippen LogP contribution in [0.1, 0.15) is 36.5 Å². The van der Waals surface area contributed by atoms with Gasteiger partial charge in [0.15, 0.2) is 5.78 Å². The molecule has 1 rings (SSSR count). The van der Waals surface area contributed by atoms with Crippen molar-refractivity contribution in [3.8, 4) is 0 Å². The lowest BCUT2D eigenvalue weighted by Crippen LogP contribution is -2.03. The number of anilines is 1. The number of rotatable bonds is 4. The van der Waals surface area contributed by atoms with Crippen LogP contribution in [0.5, 0.6) is 0 Å². The summed E-state index contributed by atoms with van der Waals surface area (Å²) in [6.07, 6.45) is 2.47. The van der Waals surface area contributed by atoms with Crippen LogP contribution < -0.4 is 5.73 Å². The normalized spacial score (nSPS) is 10.1. The van der Waals surface area contributed by atoms with Crippen LogP contribution in [0, 0.1) is 0 Å². The van der Waals surface area contributed by atoms with Gasteiger partial charge in [0.25, 0.3) is 0 Å². The third kappa shape index (κ3) is 2.74. The van der Waals surface area contributed by atoms with Crippen LogP contribution >= 0.6 is 11.6 Å². The second-order valence-corrected chi connectivity index (χ2v) is 3.69. The zero-order chi connectivity index (χ0) is 10.6. The van der Waals surface area contributed by atoms with Gasteiger partial charge in [-0.25, -0.2) is 0 Å². The van der Waals surface area contributed by atoms with Gasteiger partial charge in [0.05, 0.1) is 0 Å². The van der Waals surface area contributed by atoms with Crippen LogP contribution in [0.3, 0.4) is 0 Å². The molecule has 2 nitrogen and oxygen atoms in total. The molecule has 0 aromatic heterocycles. The maximum Gasteiger partial charge on any atom is 0.164 e. The number of halogens is 1. The van der Waals surface area contributed by atoms with E-state index in [0.717, 1.165) is 12.8 Å². The van der Waals surface area contributed by atoms with Crippen molar-refractivity contribution in [3.63, 3.8) is 0 Å². The summed E-state index contributed by atoms with van der Waals surface area (Å²) in [5.41, 5.74) is 6.75. The molecule has 0 spiro atoms. The Bertz CT molecular complexity index is 336. The third-order valence-corrected chi connectivity index (χ3v) is 2.31. The molecule has 1 aromatic rings. The fourth-order valence-electron chi connectivity index (χ4n) is 1.26. The molecule has 0 aliphatic heterocycles. The summed E-state index contributed by atoms with van der Waals surface area (Å²) < 4.78 is 0. The number of Topliss-reactive ketones (excluding diaryl/α,β-unsaturated/α-hetero) is 1. The van der Waals surface area contributed by atoms with Crippen LogP contribution in [0.15, 0.2) is 18.2 Å². The van der Waals surface area contributed by atoms with Crippen molar-refractivity contribution < 1.29 is 4.79 Å². The van der Waals surface area contributed by atoms with E-state index in [0.29, 0.717) is 22.7 Å². The van der Waals surface area contributed by atoms with Gasteiger partial charge in [-0.05, 0) is 24.6 Å². The van der Waals surface area contributed by atoms with Crippen molar-refractivity contribution in [3.05, 3.63) is 28.8 Å². The Morgan fingerprint density at radius 2 is 2.21 bits per heavy atom. The average molecular weight is 212 g/mol. The van der Waals surface area contributed by atoms with E-state index in [1.165, 1.54) is 0 Å². The van der Waals surface area contributed by atoms with E-state index in [-0.39, 0.29) is 5.78 Å². The summed E-state index contributed by atoms with van der Waals surface area (Å²) in [5, 5.41) is 0.564. The molecule has 0 saturated carbocycles. The SMILES string of the molecule is CCCCC(=O)c1ccc(Cl)cc1N. The summed E-state index contributed by atoms with van der Waals surface area (Å²) in [6.45, 7) is 2.05. The number of hydrogen-bond donors (Lipinski definition) is 1. The van der Waals surface area contributed by atoms with Gasteiger partial charge >= 0.3 is 0 Å². The molecule has 0 heterocycles. The largest absolute Gasteiger partial charge is 0.398 e. The number of benzene rings is 1. The summed E-state index contributed by atoms with van der Waals surface area (Å²) in [6, 6.07) is 4.99. The highest BCUT2D eigenvalue weighted by atomic mass is 35.5. The lowest BCUT2D eigenvalue weighted by molar-refractivity contribution is 0.0980. The Labute approximate surface area is 89.1 Å². The summed E-state index contributed by atoms with van der Waals surface area (Å²) in [4.78, 5) is 11.6. The smallest absolute Gasteiger partial charge is 0.164 e. The van der Waals surface area contributed by atoms with Gasteiger partial charge < -0.3 is 5.73 Å². The quantitative estimate of drug-likeness (QED) is 0.614. The zero-order valence-corrected chi connectivity index (χ0v) is 8.97. The minimum absolute atomic E-state index is 0.0982. The second kappa shape index (κ2) is 5.01. The number of ketones is 1. The van der Waals surface area contributed by atoms with E-state index >= 15 is 0 Å². The topological polar surface area (TPSA) is 43.1 Å². The molecule has 0 amide bonds. The van der Waals surface area contributed by atoms with Gasteiger partial charge in [-0.3, -0.25) is 4.79 Å². The number of hydrogen-bond acceptors (Lipinski definition) is 2. The molecule has 3 heteroatoms. The number of nitrogens with two attached hydrogens (primary N) is 1. The lowest BCUT2D eigenvalue weighted by Gasteiger charge is -2.04.